The van der Waals surface area contributed by atoms with Gasteiger partial charge in [0.05, 0.1) is 6.20 Å². The molecule has 2 amide bonds. The van der Waals surface area contributed by atoms with Gasteiger partial charge in [-0.25, -0.2) is 4.79 Å². The molecule has 1 saturated heterocycles. The molecule has 1 aliphatic rings. The van der Waals surface area contributed by atoms with Crippen LogP contribution in [0.3, 0.4) is 0 Å². The number of hydrogen-bond acceptors (Lipinski definition) is 3. The predicted octanol–water partition coefficient (Wildman–Crippen LogP) is 1.36. The van der Waals surface area contributed by atoms with Gasteiger partial charge in [-0.15, -0.1) is 0 Å². The fourth-order valence-electron chi connectivity index (χ4n) is 2.19. The lowest BCUT2D eigenvalue weighted by Gasteiger charge is -2.28. The lowest BCUT2D eigenvalue weighted by atomic mass is 9.93. The minimum Gasteiger partial charge on any atom is -0.381 e. The van der Waals surface area contributed by atoms with E-state index in [9.17, 15) is 4.79 Å². The Hall–Kier alpha value is -1.56. The average Bonchev–Trinajstić information content (AvgIpc) is 2.76. The highest BCUT2D eigenvalue weighted by atomic mass is 16.5. The van der Waals surface area contributed by atoms with Crippen LogP contribution in [0.2, 0.25) is 0 Å². The van der Waals surface area contributed by atoms with Gasteiger partial charge in [0.15, 0.2) is 0 Å². The number of aromatic nitrogens is 2. The highest BCUT2D eigenvalue weighted by molar-refractivity contribution is 5.88. The van der Waals surface area contributed by atoms with Crippen LogP contribution in [0.1, 0.15) is 19.8 Å². The van der Waals surface area contributed by atoms with Crippen molar-refractivity contribution in [2.24, 2.45) is 13.0 Å². The van der Waals surface area contributed by atoms with E-state index in [-0.39, 0.29) is 12.1 Å². The number of hydrogen-bond donors (Lipinski definition) is 2. The summed E-state index contributed by atoms with van der Waals surface area (Å²) in [6, 6.07) is 1.73. The summed E-state index contributed by atoms with van der Waals surface area (Å²) in [7, 11) is 1.79. The Labute approximate surface area is 107 Å². The number of aryl methyl sites for hydroxylation is 1. The maximum atomic E-state index is 11.8. The molecule has 0 bridgehead atoms. The number of carbonyl (C=O) groups is 1. The topological polar surface area (TPSA) is 68.2 Å². The zero-order valence-corrected chi connectivity index (χ0v) is 10.8. The summed E-state index contributed by atoms with van der Waals surface area (Å²) in [5.74, 6) is 1.18. The van der Waals surface area contributed by atoms with Gasteiger partial charge in [-0.2, -0.15) is 5.10 Å². The van der Waals surface area contributed by atoms with Gasteiger partial charge >= 0.3 is 6.03 Å². The second-order valence-corrected chi connectivity index (χ2v) is 4.68. The van der Waals surface area contributed by atoms with E-state index in [1.165, 1.54) is 0 Å². The molecule has 0 spiro atoms. The van der Waals surface area contributed by atoms with Gasteiger partial charge in [0.1, 0.15) is 5.82 Å². The highest BCUT2D eigenvalue weighted by Crippen LogP contribution is 2.18. The molecule has 2 heterocycles. The van der Waals surface area contributed by atoms with Gasteiger partial charge < -0.3 is 10.1 Å². The van der Waals surface area contributed by atoms with Crippen molar-refractivity contribution >= 4 is 11.8 Å². The van der Waals surface area contributed by atoms with Crippen LogP contribution in [-0.2, 0) is 11.8 Å². The zero-order chi connectivity index (χ0) is 13.0. The summed E-state index contributed by atoms with van der Waals surface area (Å²) in [5.41, 5.74) is 0. The third kappa shape index (κ3) is 3.22. The molecule has 1 atom stereocenters. The molecule has 1 aliphatic heterocycles. The molecule has 0 aromatic carbocycles. The van der Waals surface area contributed by atoms with Crippen LogP contribution in [0.25, 0.3) is 0 Å². The van der Waals surface area contributed by atoms with Crippen molar-refractivity contribution in [3.8, 4) is 0 Å². The van der Waals surface area contributed by atoms with E-state index >= 15 is 0 Å². The SMILES string of the molecule is C[C@@H](NC(=O)Nc1ccnn1C)C1CCOCC1. The van der Waals surface area contributed by atoms with Gasteiger partial charge in [0, 0.05) is 32.4 Å². The van der Waals surface area contributed by atoms with E-state index in [1.54, 1.807) is 24.0 Å². The third-order valence-corrected chi connectivity index (χ3v) is 3.39. The van der Waals surface area contributed by atoms with E-state index in [1.807, 2.05) is 6.92 Å². The zero-order valence-electron chi connectivity index (χ0n) is 10.8. The average molecular weight is 252 g/mol. The number of nitrogens with zero attached hydrogens (tertiary/aromatic N) is 2. The summed E-state index contributed by atoms with van der Waals surface area (Å²) < 4.78 is 6.94. The normalized spacial score (nSPS) is 18.3. The van der Waals surface area contributed by atoms with Gasteiger partial charge in [-0.1, -0.05) is 0 Å². The van der Waals surface area contributed by atoms with Crippen molar-refractivity contribution in [1.82, 2.24) is 15.1 Å². The van der Waals surface area contributed by atoms with Crippen molar-refractivity contribution in [1.29, 1.82) is 0 Å². The number of anilines is 1. The Balaban J connectivity index is 1.81. The Morgan fingerprint density at radius 3 is 2.89 bits per heavy atom. The minimum absolute atomic E-state index is 0.155. The second kappa shape index (κ2) is 5.86. The first kappa shape index (κ1) is 12.9. The molecule has 0 unspecified atom stereocenters. The number of nitrogens with one attached hydrogen (secondary N) is 2. The van der Waals surface area contributed by atoms with Crippen molar-refractivity contribution in [2.45, 2.75) is 25.8 Å². The first-order valence-corrected chi connectivity index (χ1v) is 6.30. The van der Waals surface area contributed by atoms with Crippen molar-refractivity contribution in [3.63, 3.8) is 0 Å². The number of carbonyl (C=O) groups excluding carboxylic acids is 1. The van der Waals surface area contributed by atoms with Crippen LogP contribution in [0.15, 0.2) is 12.3 Å². The van der Waals surface area contributed by atoms with Crippen LogP contribution in [0.4, 0.5) is 10.6 Å². The van der Waals surface area contributed by atoms with Gasteiger partial charge in [-0.05, 0) is 25.7 Å². The summed E-state index contributed by atoms with van der Waals surface area (Å²) in [6.07, 6.45) is 3.66. The number of amides is 2. The molecule has 0 aliphatic carbocycles. The predicted molar refractivity (Wildman–Crippen MR) is 68.4 cm³/mol. The second-order valence-electron chi connectivity index (χ2n) is 4.68. The first-order chi connectivity index (χ1) is 8.66. The van der Waals surface area contributed by atoms with E-state index in [4.69, 9.17) is 4.74 Å². The Morgan fingerprint density at radius 1 is 1.56 bits per heavy atom. The smallest absolute Gasteiger partial charge is 0.320 e. The van der Waals surface area contributed by atoms with Gasteiger partial charge in [-0.3, -0.25) is 10.00 Å². The highest BCUT2D eigenvalue weighted by Gasteiger charge is 2.21. The van der Waals surface area contributed by atoms with Crippen LogP contribution >= 0.6 is 0 Å². The van der Waals surface area contributed by atoms with E-state index in [0.29, 0.717) is 11.7 Å². The lowest BCUT2D eigenvalue weighted by molar-refractivity contribution is 0.0573. The number of urea groups is 1. The number of rotatable bonds is 3. The van der Waals surface area contributed by atoms with Crippen molar-refractivity contribution in [2.75, 3.05) is 18.5 Å². The Kier molecular flexibility index (Phi) is 4.19. The maximum Gasteiger partial charge on any atom is 0.320 e. The van der Waals surface area contributed by atoms with E-state index in [0.717, 1.165) is 26.1 Å². The molecule has 6 heteroatoms. The summed E-state index contributed by atoms with van der Waals surface area (Å²) in [6.45, 7) is 3.62. The fourth-order valence-corrected chi connectivity index (χ4v) is 2.19. The molecule has 18 heavy (non-hydrogen) atoms. The Bertz CT molecular complexity index is 399. The van der Waals surface area contributed by atoms with Crippen LogP contribution in [0, 0.1) is 5.92 Å². The molecule has 2 rings (SSSR count). The lowest BCUT2D eigenvalue weighted by Crippen LogP contribution is -2.42. The fraction of sp³-hybridized carbons (Fsp3) is 0.667. The molecular weight excluding hydrogens is 232 g/mol. The molecule has 0 radical (unpaired) electrons. The maximum absolute atomic E-state index is 11.8. The molecule has 100 valence electrons. The molecule has 0 saturated carbocycles. The van der Waals surface area contributed by atoms with Crippen molar-refractivity contribution in [3.05, 3.63) is 12.3 Å². The molecule has 2 N–H and O–H groups in total. The quantitative estimate of drug-likeness (QED) is 0.853. The molecule has 1 aromatic rings. The number of ether oxygens (including phenoxy) is 1. The van der Waals surface area contributed by atoms with Crippen molar-refractivity contribution < 1.29 is 9.53 Å². The first-order valence-electron chi connectivity index (χ1n) is 6.30. The molecular formula is C12H20N4O2. The standard InChI is InChI=1S/C12H20N4O2/c1-9(10-4-7-18-8-5-10)14-12(17)15-11-3-6-13-16(11)2/h3,6,9-10H,4-5,7-8H2,1-2H3,(H2,14,15,17)/t9-/m1/s1. The van der Waals surface area contributed by atoms with E-state index < -0.39 is 0 Å². The molecule has 1 fully saturated rings. The van der Waals surface area contributed by atoms with Gasteiger partial charge in [0.2, 0.25) is 0 Å². The Morgan fingerprint density at radius 2 is 2.28 bits per heavy atom. The van der Waals surface area contributed by atoms with Crippen LogP contribution in [0.5, 0.6) is 0 Å². The van der Waals surface area contributed by atoms with Crippen LogP contribution < -0.4 is 10.6 Å². The monoisotopic (exact) mass is 252 g/mol. The van der Waals surface area contributed by atoms with Crippen LogP contribution in [-0.4, -0.2) is 35.1 Å². The summed E-state index contributed by atoms with van der Waals surface area (Å²) in [4.78, 5) is 11.8. The molecule has 6 nitrogen and oxygen atoms in total. The van der Waals surface area contributed by atoms with E-state index in [2.05, 4.69) is 15.7 Å². The van der Waals surface area contributed by atoms with Gasteiger partial charge in [0.25, 0.3) is 0 Å². The third-order valence-electron chi connectivity index (χ3n) is 3.39. The summed E-state index contributed by atoms with van der Waals surface area (Å²) >= 11 is 0. The molecule has 1 aromatic heterocycles. The largest absolute Gasteiger partial charge is 0.381 e. The minimum atomic E-state index is -0.183. The summed E-state index contributed by atoms with van der Waals surface area (Å²) in [5, 5.41) is 9.74.